The number of rotatable bonds is 3. The Morgan fingerprint density at radius 1 is 1.19 bits per heavy atom. The van der Waals surface area contributed by atoms with Gasteiger partial charge in [-0.2, -0.15) is 0 Å². The van der Waals surface area contributed by atoms with Crippen LogP contribution in [-0.4, -0.2) is 49.1 Å². The lowest BCUT2D eigenvalue weighted by Gasteiger charge is -2.38. The average molecular weight is 290 g/mol. The Hall–Kier alpha value is -2.08. The van der Waals surface area contributed by atoms with Crippen molar-refractivity contribution >= 4 is 17.6 Å². The molecule has 2 rings (SSSR count). The molecule has 0 saturated carbocycles. The van der Waals surface area contributed by atoms with Crippen LogP contribution in [-0.2, 0) is 4.79 Å². The second-order valence-corrected chi connectivity index (χ2v) is 5.34. The van der Waals surface area contributed by atoms with Crippen LogP contribution >= 0.6 is 0 Å². The van der Waals surface area contributed by atoms with Crippen LogP contribution in [0.5, 0.6) is 0 Å². The molecule has 3 N–H and O–H groups in total. The SMILES string of the molecule is Cc1ccccc1N1CCN([C@@H](C)C(=O)NC(N)=O)CC1. The minimum atomic E-state index is -0.801. The van der Waals surface area contributed by atoms with Crippen molar-refractivity contribution in [3.63, 3.8) is 0 Å². The number of amides is 3. The van der Waals surface area contributed by atoms with Crippen LogP contribution in [0, 0.1) is 6.92 Å². The highest BCUT2D eigenvalue weighted by atomic mass is 16.2. The zero-order valence-electron chi connectivity index (χ0n) is 12.5. The third-order valence-corrected chi connectivity index (χ3v) is 3.94. The molecule has 1 saturated heterocycles. The van der Waals surface area contributed by atoms with Crippen LogP contribution < -0.4 is 16.0 Å². The summed E-state index contributed by atoms with van der Waals surface area (Å²) in [7, 11) is 0. The maximum absolute atomic E-state index is 11.8. The van der Waals surface area contributed by atoms with E-state index in [0.29, 0.717) is 0 Å². The van der Waals surface area contributed by atoms with Crippen molar-refractivity contribution in [1.82, 2.24) is 10.2 Å². The maximum Gasteiger partial charge on any atom is 0.318 e. The molecule has 6 heteroatoms. The topological polar surface area (TPSA) is 78.7 Å². The van der Waals surface area contributed by atoms with Gasteiger partial charge in [0.25, 0.3) is 0 Å². The summed E-state index contributed by atoms with van der Waals surface area (Å²) in [4.78, 5) is 26.9. The molecule has 21 heavy (non-hydrogen) atoms. The fourth-order valence-electron chi connectivity index (χ4n) is 2.66. The summed E-state index contributed by atoms with van der Waals surface area (Å²) < 4.78 is 0. The highest BCUT2D eigenvalue weighted by Crippen LogP contribution is 2.21. The van der Waals surface area contributed by atoms with Gasteiger partial charge >= 0.3 is 6.03 Å². The van der Waals surface area contributed by atoms with E-state index < -0.39 is 6.03 Å². The van der Waals surface area contributed by atoms with E-state index in [1.165, 1.54) is 11.3 Å². The van der Waals surface area contributed by atoms with Crippen molar-refractivity contribution in [2.24, 2.45) is 5.73 Å². The molecule has 0 aromatic heterocycles. The molecule has 1 aromatic carbocycles. The number of carbonyl (C=O) groups is 2. The molecule has 114 valence electrons. The van der Waals surface area contributed by atoms with E-state index in [9.17, 15) is 9.59 Å². The summed E-state index contributed by atoms with van der Waals surface area (Å²) in [5, 5.41) is 2.14. The van der Waals surface area contributed by atoms with Gasteiger partial charge < -0.3 is 10.6 Å². The van der Waals surface area contributed by atoms with Crippen LogP contribution in [0.25, 0.3) is 0 Å². The van der Waals surface area contributed by atoms with Gasteiger partial charge in [0.2, 0.25) is 5.91 Å². The Labute approximate surface area is 124 Å². The highest BCUT2D eigenvalue weighted by Gasteiger charge is 2.26. The number of aryl methyl sites for hydroxylation is 1. The first-order valence-corrected chi connectivity index (χ1v) is 7.14. The molecule has 0 bridgehead atoms. The van der Waals surface area contributed by atoms with Gasteiger partial charge in [0.05, 0.1) is 6.04 Å². The summed E-state index contributed by atoms with van der Waals surface area (Å²) in [5.41, 5.74) is 7.47. The summed E-state index contributed by atoms with van der Waals surface area (Å²) in [6, 6.07) is 7.14. The number of hydrogen-bond donors (Lipinski definition) is 2. The Balaban J connectivity index is 1.93. The maximum atomic E-state index is 11.8. The average Bonchev–Trinajstić information content (AvgIpc) is 2.46. The largest absolute Gasteiger partial charge is 0.369 e. The van der Waals surface area contributed by atoms with Gasteiger partial charge in [-0.15, -0.1) is 0 Å². The van der Waals surface area contributed by atoms with E-state index in [-0.39, 0.29) is 11.9 Å². The molecule has 1 aromatic rings. The monoisotopic (exact) mass is 290 g/mol. The molecule has 0 radical (unpaired) electrons. The molecule has 3 amide bonds. The minimum absolute atomic E-state index is 0.341. The number of benzene rings is 1. The van der Waals surface area contributed by atoms with Crippen LogP contribution in [0.1, 0.15) is 12.5 Å². The first-order chi connectivity index (χ1) is 9.99. The van der Waals surface area contributed by atoms with Gasteiger partial charge in [0.15, 0.2) is 0 Å². The molecule has 0 unspecified atom stereocenters. The second kappa shape index (κ2) is 6.58. The van der Waals surface area contributed by atoms with Gasteiger partial charge in [-0.25, -0.2) is 4.79 Å². The number of primary amides is 1. The molecular formula is C15H22N4O2. The van der Waals surface area contributed by atoms with Crippen LogP contribution in [0.4, 0.5) is 10.5 Å². The number of urea groups is 1. The van der Waals surface area contributed by atoms with E-state index >= 15 is 0 Å². The summed E-state index contributed by atoms with van der Waals surface area (Å²) in [6.45, 7) is 7.17. The number of hydrogen-bond acceptors (Lipinski definition) is 4. The van der Waals surface area contributed by atoms with Crippen LogP contribution in [0.2, 0.25) is 0 Å². The predicted octanol–water partition coefficient (Wildman–Crippen LogP) is 0.700. The number of carbonyl (C=O) groups excluding carboxylic acids is 2. The molecular weight excluding hydrogens is 268 g/mol. The number of anilines is 1. The summed E-state index contributed by atoms with van der Waals surface area (Å²) >= 11 is 0. The second-order valence-electron chi connectivity index (χ2n) is 5.34. The fraction of sp³-hybridized carbons (Fsp3) is 0.467. The van der Waals surface area contributed by atoms with Gasteiger partial charge in [-0.05, 0) is 25.5 Å². The lowest BCUT2D eigenvalue weighted by Crippen LogP contribution is -2.55. The Morgan fingerprint density at radius 3 is 2.38 bits per heavy atom. The molecule has 1 heterocycles. The van der Waals surface area contributed by atoms with E-state index in [1.54, 1.807) is 6.92 Å². The van der Waals surface area contributed by atoms with Crippen molar-refractivity contribution in [3.05, 3.63) is 29.8 Å². The number of nitrogens with two attached hydrogens (primary N) is 1. The van der Waals surface area contributed by atoms with E-state index in [4.69, 9.17) is 5.73 Å². The Morgan fingerprint density at radius 2 is 1.81 bits per heavy atom. The first-order valence-electron chi connectivity index (χ1n) is 7.14. The fourth-order valence-corrected chi connectivity index (χ4v) is 2.66. The first kappa shape index (κ1) is 15.3. The van der Waals surface area contributed by atoms with Gasteiger partial charge in [-0.3, -0.25) is 15.0 Å². The molecule has 1 atom stereocenters. The van der Waals surface area contributed by atoms with Crippen molar-refractivity contribution < 1.29 is 9.59 Å². The van der Waals surface area contributed by atoms with Crippen molar-refractivity contribution in [2.45, 2.75) is 19.9 Å². The highest BCUT2D eigenvalue weighted by molar-refractivity contribution is 5.96. The lowest BCUT2D eigenvalue weighted by atomic mass is 10.1. The summed E-state index contributed by atoms with van der Waals surface area (Å²) in [6.07, 6.45) is 0. The zero-order valence-corrected chi connectivity index (χ0v) is 12.5. The smallest absolute Gasteiger partial charge is 0.318 e. The number of imide groups is 1. The standard InChI is InChI=1S/C15H22N4O2/c1-11-5-3-4-6-13(11)19-9-7-18(8-10-19)12(2)14(20)17-15(16)21/h3-6,12H,7-10H2,1-2H3,(H3,16,17,20,21)/t12-/m0/s1. The Bertz CT molecular complexity index is 524. The van der Waals surface area contributed by atoms with Crippen molar-refractivity contribution in [3.8, 4) is 0 Å². The molecule has 0 spiro atoms. The molecule has 1 aliphatic heterocycles. The minimum Gasteiger partial charge on any atom is -0.369 e. The predicted molar refractivity (Wildman–Crippen MR) is 82.2 cm³/mol. The molecule has 0 aliphatic carbocycles. The van der Waals surface area contributed by atoms with E-state index in [0.717, 1.165) is 26.2 Å². The number of nitrogens with zero attached hydrogens (tertiary/aromatic N) is 2. The van der Waals surface area contributed by atoms with Crippen LogP contribution in [0.3, 0.4) is 0 Å². The third-order valence-electron chi connectivity index (χ3n) is 3.94. The van der Waals surface area contributed by atoms with Gasteiger partial charge in [0, 0.05) is 31.9 Å². The Kier molecular flexibility index (Phi) is 4.80. The van der Waals surface area contributed by atoms with E-state index in [2.05, 4.69) is 34.2 Å². The third kappa shape index (κ3) is 3.72. The number of nitrogens with one attached hydrogen (secondary N) is 1. The quantitative estimate of drug-likeness (QED) is 0.859. The van der Waals surface area contributed by atoms with Gasteiger partial charge in [-0.1, -0.05) is 18.2 Å². The number of para-hydroxylation sites is 1. The number of piperazine rings is 1. The zero-order chi connectivity index (χ0) is 15.4. The van der Waals surface area contributed by atoms with Gasteiger partial charge in [0.1, 0.15) is 0 Å². The molecule has 1 aliphatic rings. The summed E-state index contributed by atoms with van der Waals surface area (Å²) in [5.74, 6) is -0.341. The van der Waals surface area contributed by atoms with E-state index in [1.807, 2.05) is 12.1 Å². The lowest BCUT2D eigenvalue weighted by molar-refractivity contribution is -0.124. The van der Waals surface area contributed by atoms with Crippen LogP contribution in [0.15, 0.2) is 24.3 Å². The van der Waals surface area contributed by atoms with Crippen molar-refractivity contribution in [1.29, 1.82) is 0 Å². The molecule has 6 nitrogen and oxygen atoms in total. The molecule has 1 fully saturated rings. The normalized spacial score (nSPS) is 17.3. The van der Waals surface area contributed by atoms with Crippen molar-refractivity contribution in [2.75, 3.05) is 31.1 Å².